The van der Waals surface area contributed by atoms with Gasteiger partial charge in [0.15, 0.2) is 0 Å². The minimum Gasteiger partial charge on any atom is -0.356 e. The zero-order valence-electron chi connectivity index (χ0n) is 44.0. The van der Waals surface area contributed by atoms with E-state index in [-0.39, 0.29) is 0 Å². The first kappa shape index (κ1) is 50.0. The zero-order chi connectivity index (χ0) is 53.7. The summed E-state index contributed by atoms with van der Waals surface area (Å²) < 4.78 is 0. The Morgan fingerprint density at radius 2 is 0.400 bits per heavy atom. The molecular weight excluding hydrogens is 973 g/mol. The van der Waals surface area contributed by atoms with Crippen molar-refractivity contribution in [2.24, 2.45) is 9.98 Å². The third kappa shape index (κ3) is 11.6. The molecule has 6 nitrogen and oxygen atoms in total. The molecule has 0 heterocycles. The molecule has 0 bridgehead atoms. The predicted octanol–water partition coefficient (Wildman–Crippen LogP) is 20.2. The van der Waals surface area contributed by atoms with Crippen molar-refractivity contribution in [3.8, 4) is 0 Å². The summed E-state index contributed by atoms with van der Waals surface area (Å²) in [6, 6.07) is 116. The normalized spacial score (nSPS) is 11.1. The molecule has 0 fully saturated rings. The van der Waals surface area contributed by atoms with Gasteiger partial charge >= 0.3 is 0 Å². The van der Waals surface area contributed by atoms with Crippen LogP contribution in [0.4, 0.5) is 73.9 Å². The number of hydrogen-bond acceptors (Lipinski definition) is 6. The molecule has 0 spiro atoms. The van der Waals surface area contributed by atoms with E-state index in [4.69, 9.17) is 9.98 Å². The van der Waals surface area contributed by atoms with Crippen molar-refractivity contribution in [2.45, 2.75) is 0 Å². The smallest absolute Gasteiger partial charge is 0.0781 e. The van der Waals surface area contributed by atoms with Crippen LogP contribution in [0.2, 0.25) is 0 Å². The first-order chi connectivity index (χ1) is 39.7. The van der Waals surface area contributed by atoms with Gasteiger partial charge in [-0.2, -0.15) is 0 Å². The van der Waals surface area contributed by atoms with Gasteiger partial charge in [-0.05, 0) is 158 Å². The molecule has 0 aliphatic carbocycles. The Labute approximate surface area is 468 Å². The number of hydrogen-bond donors (Lipinski definition) is 1. The summed E-state index contributed by atoms with van der Waals surface area (Å²) in [5.74, 6) is 0. The van der Waals surface area contributed by atoms with Crippen LogP contribution in [0.15, 0.2) is 344 Å². The summed E-state index contributed by atoms with van der Waals surface area (Å²) >= 11 is 0. The minimum atomic E-state index is 0.807. The highest BCUT2D eigenvalue weighted by atomic mass is 15.2. The van der Waals surface area contributed by atoms with Crippen molar-refractivity contribution < 1.29 is 0 Å². The lowest BCUT2D eigenvalue weighted by molar-refractivity contribution is 1.28. The maximum atomic E-state index is 5.47. The summed E-state index contributed by atoms with van der Waals surface area (Å²) in [6.45, 7) is 0. The van der Waals surface area contributed by atoms with E-state index in [9.17, 15) is 0 Å². The van der Waals surface area contributed by atoms with Crippen LogP contribution in [0.5, 0.6) is 0 Å². The molecule has 0 amide bonds. The summed E-state index contributed by atoms with van der Waals surface area (Å²) in [4.78, 5) is 17.7. The van der Waals surface area contributed by atoms with Gasteiger partial charge in [0.2, 0.25) is 0 Å². The van der Waals surface area contributed by atoms with Gasteiger partial charge < -0.3 is 20.0 Å². The van der Waals surface area contributed by atoms with Crippen molar-refractivity contribution >= 4 is 85.4 Å². The lowest BCUT2D eigenvalue weighted by Crippen LogP contribution is -2.11. The summed E-state index contributed by atoms with van der Waals surface area (Å²) in [6.07, 6.45) is 0. The van der Waals surface area contributed by atoms with E-state index in [1.807, 2.05) is 30.3 Å². The highest BCUT2D eigenvalue weighted by Gasteiger charge is 2.18. The number of rotatable bonds is 17. The van der Waals surface area contributed by atoms with E-state index >= 15 is 0 Å². The Morgan fingerprint density at radius 1 is 0.200 bits per heavy atom. The zero-order valence-corrected chi connectivity index (χ0v) is 44.0. The molecule has 0 radical (unpaired) electrons. The molecular formula is C74H56N6. The van der Waals surface area contributed by atoms with Crippen molar-refractivity contribution in [1.29, 1.82) is 0 Å². The molecule has 0 aromatic heterocycles. The highest BCUT2D eigenvalue weighted by Crippen LogP contribution is 2.38. The highest BCUT2D eigenvalue weighted by molar-refractivity contribution is 6.15. The first-order valence-corrected chi connectivity index (χ1v) is 26.9. The molecule has 12 rings (SSSR count). The lowest BCUT2D eigenvalue weighted by Gasteiger charge is -2.26. The van der Waals surface area contributed by atoms with Crippen LogP contribution in [-0.4, -0.2) is 11.4 Å². The molecule has 0 saturated carbocycles. The van der Waals surface area contributed by atoms with Gasteiger partial charge in [0, 0.05) is 84.8 Å². The summed E-state index contributed by atoms with van der Waals surface area (Å²) in [5.41, 5.74) is 18.9. The molecule has 0 aliphatic rings. The van der Waals surface area contributed by atoms with Crippen LogP contribution in [-0.2, 0) is 0 Å². The number of aliphatic imine (C=N–C) groups is 2. The SMILES string of the molecule is c1ccc(Nc2ccc(/C(=N/c3ccc(N=C(c4ccc(N(c5ccccc5)c5ccccc5)cc4)c4ccc(N(c5ccccc5)c5ccccc5)cc4)cc3)c3ccc(N(c4ccccc4)c4ccccc4)cc3)cc2)cc1. The second-order valence-corrected chi connectivity index (χ2v) is 19.2. The molecule has 0 saturated heterocycles. The van der Waals surface area contributed by atoms with E-state index in [1.165, 1.54) is 0 Å². The van der Waals surface area contributed by atoms with E-state index < -0.39 is 0 Å². The van der Waals surface area contributed by atoms with Crippen molar-refractivity contribution in [3.05, 3.63) is 356 Å². The van der Waals surface area contributed by atoms with Crippen LogP contribution in [0.25, 0.3) is 0 Å². The van der Waals surface area contributed by atoms with Gasteiger partial charge in [0.05, 0.1) is 22.8 Å². The Hall–Kier alpha value is -10.8. The third-order valence-corrected chi connectivity index (χ3v) is 13.8. The molecule has 80 heavy (non-hydrogen) atoms. The van der Waals surface area contributed by atoms with E-state index in [1.54, 1.807) is 0 Å². The Bertz CT molecular complexity index is 3690. The van der Waals surface area contributed by atoms with Gasteiger partial charge in [0.25, 0.3) is 0 Å². The second-order valence-electron chi connectivity index (χ2n) is 19.2. The average molecular weight is 1030 g/mol. The average Bonchev–Trinajstić information content (AvgIpc) is 3.55. The van der Waals surface area contributed by atoms with Crippen molar-refractivity contribution in [1.82, 2.24) is 0 Å². The quantitative estimate of drug-likeness (QED) is 0.0923. The predicted molar refractivity (Wildman–Crippen MR) is 337 cm³/mol. The van der Waals surface area contributed by atoms with E-state index in [2.05, 4.69) is 323 Å². The standard InChI is InChI=1S/C74H56N6/c1-8-22-60(23-9-1)75-61-44-36-56(37-45-61)73(57-38-50-70(51-39-57)78(64-24-10-2-11-25-64)65-26-12-3-13-27-65)76-62-46-48-63(49-47-62)77-74(58-40-52-71(53-41-58)79(66-28-14-4-15-29-66)67-30-16-5-17-31-67)59-42-54-72(55-43-59)80(68-32-18-6-19-33-68)69-34-20-7-21-35-69/h1-55,75H/b76-73-. The molecule has 0 aliphatic heterocycles. The van der Waals surface area contributed by atoms with Gasteiger partial charge in [-0.1, -0.05) is 176 Å². The first-order valence-electron chi connectivity index (χ1n) is 26.9. The van der Waals surface area contributed by atoms with Gasteiger partial charge in [-0.15, -0.1) is 0 Å². The van der Waals surface area contributed by atoms with E-state index in [0.717, 1.165) is 108 Å². The number of para-hydroxylation sites is 7. The number of anilines is 11. The van der Waals surface area contributed by atoms with Crippen molar-refractivity contribution in [3.63, 3.8) is 0 Å². The monoisotopic (exact) mass is 1030 g/mol. The number of nitrogens with zero attached hydrogens (tertiary/aromatic N) is 5. The Balaban J connectivity index is 0.917. The summed E-state index contributed by atoms with van der Waals surface area (Å²) in [5, 5.41) is 3.54. The molecule has 0 atom stereocenters. The molecule has 0 unspecified atom stereocenters. The number of benzene rings is 12. The minimum absolute atomic E-state index is 0.807. The molecule has 382 valence electrons. The maximum Gasteiger partial charge on any atom is 0.0781 e. The van der Waals surface area contributed by atoms with Gasteiger partial charge in [-0.3, -0.25) is 0 Å². The fraction of sp³-hybridized carbons (Fsp3) is 0. The Kier molecular flexibility index (Phi) is 15.0. The van der Waals surface area contributed by atoms with Crippen LogP contribution < -0.4 is 20.0 Å². The van der Waals surface area contributed by atoms with Crippen LogP contribution in [0.3, 0.4) is 0 Å². The third-order valence-electron chi connectivity index (χ3n) is 13.8. The summed E-state index contributed by atoms with van der Waals surface area (Å²) in [7, 11) is 0. The Morgan fingerprint density at radius 3 is 0.650 bits per heavy atom. The largest absolute Gasteiger partial charge is 0.356 e. The fourth-order valence-electron chi connectivity index (χ4n) is 9.96. The van der Waals surface area contributed by atoms with Crippen LogP contribution >= 0.6 is 0 Å². The molecule has 6 heteroatoms. The van der Waals surface area contributed by atoms with Gasteiger partial charge in [-0.25, -0.2) is 9.98 Å². The molecule has 12 aromatic carbocycles. The van der Waals surface area contributed by atoms with Gasteiger partial charge in [0.1, 0.15) is 0 Å². The topological polar surface area (TPSA) is 46.5 Å². The van der Waals surface area contributed by atoms with Crippen molar-refractivity contribution in [2.75, 3.05) is 20.0 Å². The molecule has 1 N–H and O–H groups in total. The van der Waals surface area contributed by atoms with Crippen LogP contribution in [0, 0.1) is 0 Å². The maximum absolute atomic E-state index is 5.47. The molecule has 12 aromatic rings. The van der Waals surface area contributed by atoms with Crippen LogP contribution in [0.1, 0.15) is 22.3 Å². The van der Waals surface area contributed by atoms with E-state index in [0.29, 0.717) is 0 Å². The fourth-order valence-corrected chi connectivity index (χ4v) is 9.96. The second kappa shape index (κ2) is 24.0. The number of nitrogens with one attached hydrogen (secondary N) is 1. The lowest BCUT2D eigenvalue weighted by atomic mass is 10.0.